The summed E-state index contributed by atoms with van der Waals surface area (Å²) in [6.45, 7) is 1.70. The summed E-state index contributed by atoms with van der Waals surface area (Å²) in [6.07, 6.45) is 6.12. The van der Waals surface area contributed by atoms with Gasteiger partial charge in [-0.05, 0) is 30.7 Å². The van der Waals surface area contributed by atoms with Crippen molar-refractivity contribution in [2.24, 2.45) is 0 Å². The van der Waals surface area contributed by atoms with Gasteiger partial charge in [0, 0.05) is 24.0 Å². The van der Waals surface area contributed by atoms with Crippen LogP contribution in [0.15, 0.2) is 54.1 Å². The zero-order chi connectivity index (χ0) is 14.9. The highest BCUT2D eigenvalue weighted by atomic mass is 32.2. The lowest BCUT2D eigenvalue weighted by Gasteiger charge is -2.10. The quantitative estimate of drug-likeness (QED) is 0.801. The first-order valence-electron chi connectivity index (χ1n) is 6.21. The van der Waals surface area contributed by atoms with Gasteiger partial charge in [0.2, 0.25) is 0 Å². The minimum atomic E-state index is -3.78. The summed E-state index contributed by atoms with van der Waals surface area (Å²) in [7, 11) is -3.78. The molecule has 3 heterocycles. The van der Waals surface area contributed by atoms with E-state index in [-0.39, 0.29) is 5.03 Å². The van der Waals surface area contributed by atoms with Crippen LogP contribution < -0.4 is 4.72 Å². The number of fused-ring (bicyclic) bond motifs is 1. The number of anilines is 1. The second-order valence-electron chi connectivity index (χ2n) is 4.49. The standard InChI is InChI=1S/C14H12N4O2S/c1-10-4-2-7-17-14(10)21(19,20)18-12-9-15-8-11-5-3-6-16-13(11)12/h2-9,18H,1H3. The Morgan fingerprint density at radius 2 is 1.81 bits per heavy atom. The maximum Gasteiger partial charge on any atom is 0.279 e. The third-order valence-electron chi connectivity index (χ3n) is 2.97. The number of pyridine rings is 3. The zero-order valence-corrected chi connectivity index (χ0v) is 12.0. The normalized spacial score (nSPS) is 11.5. The van der Waals surface area contributed by atoms with E-state index in [1.807, 2.05) is 6.07 Å². The lowest BCUT2D eigenvalue weighted by atomic mass is 10.2. The predicted octanol–water partition coefficient (Wildman–Crippen LogP) is 2.13. The molecule has 0 saturated carbocycles. The maximum atomic E-state index is 12.4. The number of hydrogen-bond donors (Lipinski definition) is 1. The van der Waals surface area contributed by atoms with Gasteiger partial charge in [-0.25, -0.2) is 4.98 Å². The third kappa shape index (κ3) is 2.55. The summed E-state index contributed by atoms with van der Waals surface area (Å²) < 4.78 is 27.4. The molecule has 0 fully saturated rings. The Hall–Kier alpha value is -2.54. The summed E-state index contributed by atoms with van der Waals surface area (Å²) in [4.78, 5) is 12.2. The smallest absolute Gasteiger partial charge is 0.275 e. The van der Waals surface area contributed by atoms with Gasteiger partial charge in [0.1, 0.15) is 0 Å². The second-order valence-corrected chi connectivity index (χ2v) is 6.09. The van der Waals surface area contributed by atoms with E-state index >= 15 is 0 Å². The number of sulfonamides is 1. The van der Waals surface area contributed by atoms with Crippen molar-refractivity contribution in [2.45, 2.75) is 11.9 Å². The minimum Gasteiger partial charge on any atom is -0.275 e. The number of aromatic nitrogens is 3. The fourth-order valence-corrected chi connectivity index (χ4v) is 3.25. The van der Waals surface area contributed by atoms with E-state index in [9.17, 15) is 8.42 Å². The summed E-state index contributed by atoms with van der Waals surface area (Å²) in [5, 5.41) is 0.758. The van der Waals surface area contributed by atoms with Crippen LogP contribution in [0.5, 0.6) is 0 Å². The molecule has 0 radical (unpaired) electrons. The number of aryl methyl sites for hydroxylation is 1. The van der Waals surface area contributed by atoms with E-state index in [0.717, 1.165) is 5.39 Å². The monoisotopic (exact) mass is 300 g/mol. The van der Waals surface area contributed by atoms with Crippen LogP contribution in [0.1, 0.15) is 5.56 Å². The largest absolute Gasteiger partial charge is 0.279 e. The van der Waals surface area contributed by atoms with Crippen molar-refractivity contribution < 1.29 is 8.42 Å². The Kier molecular flexibility index (Phi) is 3.26. The molecule has 0 aliphatic rings. The topological polar surface area (TPSA) is 84.8 Å². The van der Waals surface area contributed by atoms with E-state index in [0.29, 0.717) is 16.8 Å². The average molecular weight is 300 g/mol. The molecule has 0 aliphatic heterocycles. The van der Waals surface area contributed by atoms with Crippen molar-refractivity contribution in [3.05, 3.63) is 54.6 Å². The second kappa shape index (κ2) is 5.10. The lowest BCUT2D eigenvalue weighted by molar-refractivity contribution is 0.596. The number of hydrogen-bond acceptors (Lipinski definition) is 5. The van der Waals surface area contributed by atoms with Gasteiger partial charge in [-0.2, -0.15) is 8.42 Å². The van der Waals surface area contributed by atoms with Gasteiger partial charge in [-0.1, -0.05) is 6.07 Å². The van der Waals surface area contributed by atoms with Gasteiger partial charge in [0.05, 0.1) is 17.4 Å². The molecule has 3 aromatic heterocycles. The zero-order valence-electron chi connectivity index (χ0n) is 11.2. The van der Waals surface area contributed by atoms with Crippen molar-refractivity contribution in [2.75, 3.05) is 4.72 Å². The highest BCUT2D eigenvalue weighted by Crippen LogP contribution is 2.22. The average Bonchev–Trinajstić information content (AvgIpc) is 2.47. The Labute approximate surface area is 122 Å². The van der Waals surface area contributed by atoms with Crippen LogP contribution in [-0.4, -0.2) is 23.4 Å². The molecule has 6 nitrogen and oxygen atoms in total. The van der Waals surface area contributed by atoms with Crippen molar-refractivity contribution in [1.29, 1.82) is 0 Å². The maximum absolute atomic E-state index is 12.4. The van der Waals surface area contributed by atoms with E-state index in [1.54, 1.807) is 37.5 Å². The molecule has 1 N–H and O–H groups in total. The van der Waals surface area contributed by atoms with Crippen LogP contribution >= 0.6 is 0 Å². The molecule has 0 aromatic carbocycles. The van der Waals surface area contributed by atoms with Gasteiger partial charge < -0.3 is 0 Å². The molecule has 7 heteroatoms. The lowest BCUT2D eigenvalue weighted by Crippen LogP contribution is -2.16. The van der Waals surface area contributed by atoms with Crippen LogP contribution in [0.25, 0.3) is 10.9 Å². The first-order valence-corrected chi connectivity index (χ1v) is 7.69. The van der Waals surface area contributed by atoms with Gasteiger partial charge in [-0.3, -0.25) is 14.7 Å². The molecule has 0 aliphatic carbocycles. The Bertz CT molecular complexity index is 904. The summed E-state index contributed by atoms with van der Waals surface area (Å²) in [6, 6.07) is 6.97. The van der Waals surface area contributed by atoms with Crippen LogP contribution in [0.2, 0.25) is 0 Å². The van der Waals surface area contributed by atoms with Crippen molar-refractivity contribution >= 4 is 26.6 Å². The molecular formula is C14H12N4O2S. The number of nitrogens with one attached hydrogen (secondary N) is 1. The van der Waals surface area contributed by atoms with Gasteiger partial charge in [0.25, 0.3) is 10.0 Å². The molecule has 0 saturated heterocycles. The van der Waals surface area contributed by atoms with Crippen LogP contribution in [0.4, 0.5) is 5.69 Å². The van der Waals surface area contributed by atoms with Crippen LogP contribution in [0, 0.1) is 6.92 Å². The number of rotatable bonds is 3. The molecule has 3 aromatic rings. The van der Waals surface area contributed by atoms with Crippen molar-refractivity contribution in [3.63, 3.8) is 0 Å². The molecule has 3 rings (SSSR count). The molecule has 106 valence electrons. The van der Waals surface area contributed by atoms with Crippen LogP contribution in [0.3, 0.4) is 0 Å². The SMILES string of the molecule is Cc1cccnc1S(=O)(=O)Nc1cncc2cccnc12. The molecular weight excluding hydrogens is 288 g/mol. The summed E-state index contributed by atoms with van der Waals surface area (Å²) in [5.74, 6) is 0. The fourth-order valence-electron chi connectivity index (χ4n) is 2.02. The van der Waals surface area contributed by atoms with Gasteiger partial charge in [-0.15, -0.1) is 0 Å². The Morgan fingerprint density at radius 1 is 1.05 bits per heavy atom. The van der Waals surface area contributed by atoms with Crippen molar-refractivity contribution in [1.82, 2.24) is 15.0 Å². The van der Waals surface area contributed by atoms with E-state index < -0.39 is 10.0 Å². The summed E-state index contributed by atoms with van der Waals surface area (Å²) >= 11 is 0. The van der Waals surface area contributed by atoms with E-state index in [4.69, 9.17) is 0 Å². The van der Waals surface area contributed by atoms with Crippen molar-refractivity contribution in [3.8, 4) is 0 Å². The first kappa shape index (κ1) is 13.4. The highest BCUT2D eigenvalue weighted by molar-refractivity contribution is 7.92. The third-order valence-corrected chi connectivity index (χ3v) is 4.40. The van der Waals surface area contributed by atoms with E-state index in [2.05, 4.69) is 19.7 Å². The Morgan fingerprint density at radius 3 is 2.62 bits per heavy atom. The minimum absolute atomic E-state index is 0.00191. The fraction of sp³-hybridized carbons (Fsp3) is 0.0714. The van der Waals surface area contributed by atoms with Gasteiger partial charge >= 0.3 is 0 Å². The summed E-state index contributed by atoms with van der Waals surface area (Å²) in [5.41, 5.74) is 1.45. The van der Waals surface area contributed by atoms with Crippen LogP contribution in [-0.2, 0) is 10.0 Å². The van der Waals surface area contributed by atoms with Gasteiger partial charge in [0.15, 0.2) is 5.03 Å². The Balaban J connectivity index is 2.08. The molecule has 21 heavy (non-hydrogen) atoms. The molecule has 0 unspecified atom stereocenters. The van der Waals surface area contributed by atoms with E-state index in [1.165, 1.54) is 12.4 Å². The first-order chi connectivity index (χ1) is 10.1. The molecule has 0 atom stereocenters. The highest BCUT2D eigenvalue weighted by Gasteiger charge is 2.19. The molecule has 0 bridgehead atoms. The number of nitrogens with zero attached hydrogens (tertiary/aromatic N) is 3. The molecule has 0 amide bonds. The predicted molar refractivity (Wildman–Crippen MR) is 79.3 cm³/mol. The molecule has 0 spiro atoms.